The van der Waals surface area contributed by atoms with Crippen molar-refractivity contribution < 1.29 is 143 Å². The van der Waals surface area contributed by atoms with Crippen molar-refractivity contribution in [1.82, 2.24) is 0 Å². The van der Waals surface area contributed by atoms with Crippen LogP contribution in [0.2, 0.25) is 0 Å². The number of ether oxygens (including phenoxy) is 17. The number of nitrogens with zero attached hydrogens (tertiary/aromatic N) is 2. The molecule has 28 heteroatoms. The molecule has 0 spiro atoms. The molecule has 3 rings (SSSR count). The second kappa shape index (κ2) is 55.9. The van der Waals surface area contributed by atoms with Gasteiger partial charge in [0.1, 0.15) is 15.7 Å². The Kier molecular flexibility index (Phi) is 51.7. The third-order valence-electron chi connectivity index (χ3n) is 12.5. The molecular weight excluding hydrogens is 1190 g/mol. The molecule has 4 N–H and O–H groups in total. The summed E-state index contributed by atoms with van der Waals surface area (Å²) in [7, 11) is -3.52. The van der Waals surface area contributed by atoms with Crippen LogP contribution >= 0.6 is 0 Å². The summed E-state index contributed by atoms with van der Waals surface area (Å²) in [5.74, 6) is 0. The monoisotopic (exact) mass is 1290 g/mol. The average molecular weight is 1290 g/mol. The van der Waals surface area contributed by atoms with Gasteiger partial charge in [-0.25, -0.2) is 8.42 Å². The molecule has 0 aliphatic rings. The molecule has 3 aromatic carbocycles. The Morgan fingerprint density at radius 2 is 0.557 bits per heavy atom. The third kappa shape index (κ3) is 37.1. The van der Waals surface area contributed by atoms with Crippen LogP contribution in [0.3, 0.4) is 0 Å². The van der Waals surface area contributed by atoms with E-state index in [-0.39, 0.29) is 88.0 Å². The Hall–Kier alpha value is -2.67. The van der Waals surface area contributed by atoms with Gasteiger partial charge in [-0.05, 0) is 41.5 Å². The second-order valence-electron chi connectivity index (χ2n) is 18.6. The van der Waals surface area contributed by atoms with Crippen LogP contribution in [0.1, 0.15) is 16.7 Å². The van der Waals surface area contributed by atoms with Crippen molar-refractivity contribution in [1.29, 1.82) is 0 Å². The van der Waals surface area contributed by atoms with Crippen molar-refractivity contribution in [3.8, 4) is 0 Å². The smallest absolute Gasteiger partial charge is 0.744 e. The fourth-order valence-corrected chi connectivity index (χ4v) is 9.08. The molecule has 0 atom stereocenters. The minimum absolute atomic E-state index is 0. The van der Waals surface area contributed by atoms with Crippen molar-refractivity contribution >= 4 is 21.5 Å². The molecule has 3 aromatic rings. The maximum absolute atomic E-state index is 13.1. The van der Waals surface area contributed by atoms with E-state index in [2.05, 4.69) is 9.80 Å². The van der Waals surface area contributed by atoms with E-state index in [0.717, 1.165) is 11.4 Å². The van der Waals surface area contributed by atoms with Gasteiger partial charge in [-0.3, -0.25) is 0 Å². The Bertz CT molecular complexity index is 1980. The normalized spacial score (nSPS) is 11.8. The first-order valence-electron chi connectivity index (χ1n) is 29.8. The van der Waals surface area contributed by atoms with Gasteiger partial charge in [-0.2, -0.15) is 0 Å². The van der Waals surface area contributed by atoms with E-state index in [9.17, 15) is 13.0 Å². The van der Waals surface area contributed by atoms with Crippen molar-refractivity contribution in [3.05, 3.63) is 89.5 Å². The molecule has 0 amide bonds. The molecule has 0 fully saturated rings. The SMILES string of the molecule is COC(c1ccc(N(CCOCCOCCOCCOCCO)CCOCCOCCOCCOCCO)cc1)(c1ccc(N(CCOCCOCCOCCOCCO)CCOCCOCCOCCOCCO)cc1)c1ccccc1S(=O)(=O)[O-].[Na+]. The molecule has 500 valence electrons. The van der Waals surface area contributed by atoms with E-state index in [1.165, 1.54) is 19.2 Å². The molecule has 26 nitrogen and oxygen atoms in total. The van der Waals surface area contributed by atoms with E-state index in [1.807, 2.05) is 48.5 Å². The molecule has 0 saturated carbocycles. The van der Waals surface area contributed by atoms with Gasteiger partial charge >= 0.3 is 29.6 Å². The molecule has 0 unspecified atom stereocenters. The third-order valence-corrected chi connectivity index (χ3v) is 13.4. The van der Waals surface area contributed by atoms with Crippen molar-refractivity contribution in [2.75, 3.05) is 281 Å². The molecule has 88 heavy (non-hydrogen) atoms. The molecule has 0 bridgehead atoms. The fraction of sp³-hybridized carbons (Fsp3) is 0.700. The molecule has 0 aromatic heterocycles. The van der Waals surface area contributed by atoms with Gasteiger partial charge < -0.3 is 115 Å². The Labute approximate surface area is 543 Å². The van der Waals surface area contributed by atoms with Crippen LogP contribution in [-0.4, -0.2) is 305 Å². The van der Waals surface area contributed by atoms with E-state index < -0.39 is 20.6 Å². The largest absolute Gasteiger partial charge is 1.00 e. The van der Waals surface area contributed by atoms with Crippen LogP contribution in [0, 0.1) is 0 Å². The molecule has 0 heterocycles. The topological polar surface area (TPSA) is 302 Å². The number of aliphatic hydroxyl groups excluding tert-OH is 4. The molecule has 0 aliphatic heterocycles. The minimum Gasteiger partial charge on any atom is -0.744 e. The number of rotatable bonds is 63. The Balaban J connectivity index is 0.0000264. The first-order chi connectivity index (χ1) is 42.8. The number of benzene rings is 3. The Morgan fingerprint density at radius 1 is 0.341 bits per heavy atom. The average Bonchev–Trinajstić information content (AvgIpc) is 1.50. The summed E-state index contributed by atoms with van der Waals surface area (Å²) in [6.07, 6.45) is 0. The summed E-state index contributed by atoms with van der Waals surface area (Å²) in [6.45, 7) is 13.5. The minimum atomic E-state index is -5.00. The van der Waals surface area contributed by atoms with E-state index >= 15 is 0 Å². The zero-order valence-corrected chi connectivity index (χ0v) is 54.8. The summed E-state index contributed by atoms with van der Waals surface area (Å²) in [6, 6.07) is 21.2. The molecule has 0 radical (unpaired) electrons. The molecular formula is C60H99N2NaO24S. The van der Waals surface area contributed by atoms with Gasteiger partial charge in [0, 0.05) is 50.2 Å². The van der Waals surface area contributed by atoms with Crippen molar-refractivity contribution in [2.24, 2.45) is 0 Å². The van der Waals surface area contributed by atoms with Crippen LogP contribution in [0.4, 0.5) is 11.4 Å². The van der Waals surface area contributed by atoms with E-state index in [0.29, 0.717) is 222 Å². The maximum Gasteiger partial charge on any atom is 1.00 e. The van der Waals surface area contributed by atoms with Gasteiger partial charge in [-0.15, -0.1) is 0 Å². The number of aliphatic hydroxyl groups is 4. The molecule has 0 saturated heterocycles. The van der Waals surface area contributed by atoms with Crippen LogP contribution < -0.4 is 39.4 Å². The number of hydrogen-bond donors (Lipinski definition) is 4. The summed E-state index contributed by atoms with van der Waals surface area (Å²) in [5, 5.41) is 35.4. The quantitative estimate of drug-likeness (QED) is 0.0214. The zero-order chi connectivity index (χ0) is 62.4. The standard InChI is InChI=1S/C60H100N2O24S.Na/c1-70-60(58-4-2-3-5-59(58)87(67,68)69,54-6-10-56(11-7-54)61(14-22-71-30-38-79-46-50-83-42-34-75-26-18-63)15-23-72-31-39-80-47-51-84-43-35-76-27-19-64)55-8-12-57(13-9-55)62(16-24-73-32-40-81-48-52-85-44-36-77-28-20-65)17-25-74-33-41-82-49-53-86-45-37-78-29-21-66;/h2-13,63-66H,14-53H2,1H3,(H,67,68,69);/q;+1/p-1. The van der Waals surface area contributed by atoms with E-state index in [4.69, 9.17) is 101 Å². The van der Waals surface area contributed by atoms with Gasteiger partial charge in [0.15, 0.2) is 0 Å². The van der Waals surface area contributed by atoms with Crippen molar-refractivity contribution in [3.63, 3.8) is 0 Å². The number of anilines is 2. The van der Waals surface area contributed by atoms with Crippen molar-refractivity contribution in [2.45, 2.75) is 10.5 Å². The van der Waals surface area contributed by atoms with Crippen LogP contribution in [0.25, 0.3) is 0 Å². The predicted octanol–water partition coefficient (Wildman–Crippen LogP) is -1.62. The number of hydrogen-bond acceptors (Lipinski definition) is 26. The summed E-state index contributed by atoms with van der Waals surface area (Å²) in [4.78, 5) is 3.80. The van der Waals surface area contributed by atoms with Gasteiger partial charge in [0.05, 0.1) is 243 Å². The van der Waals surface area contributed by atoms with E-state index in [1.54, 1.807) is 12.1 Å². The van der Waals surface area contributed by atoms with Gasteiger partial charge in [0.2, 0.25) is 0 Å². The van der Waals surface area contributed by atoms with Gasteiger partial charge in [-0.1, -0.05) is 42.5 Å². The second-order valence-corrected chi connectivity index (χ2v) is 19.9. The van der Waals surface area contributed by atoms with Gasteiger partial charge in [0.25, 0.3) is 0 Å². The molecule has 0 aliphatic carbocycles. The summed E-state index contributed by atoms with van der Waals surface area (Å²) < 4.78 is 135. The first-order valence-corrected chi connectivity index (χ1v) is 31.2. The first kappa shape index (κ1) is 81.4. The fourth-order valence-electron chi connectivity index (χ4n) is 8.36. The zero-order valence-electron chi connectivity index (χ0n) is 52.0. The maximum atomic E-state index is 13.1. The summed E-state index contributed by atoms with van der Waals surface area (Å²) >= 11 is 0. The summed E-state index contributed by atoms with van der Waals surface area (Å²) in [5.41, 5.74) is 1.31. The Morgan fingerprint density at radius 3 is 0.773 bits per heavy atom. The number of methoxy groups -OCH3 is 1. The predicted molar refractivity (Wildman–Crippen MR) is 320 cm³/mol. The van der Waals surface area contributed by atoms with Crippen LogP contribution in [-0.2, 0) is 96.2 Å². The van der Waals surface area contributed by atoms with Crippen LogP contribution in [0.15, 0.2) is 77.7 Å². The van der Waals surface area contributed by atoms with Crippen LogP contribution in [0.5, 0.6) is 0 Å².